The van der Waals surface area contributed by atoms with E-state index in [4.69, 9.17) is 4.74 Å². The van der Waals surface area contributed by atoms with Crippen molar-refractivity contribution >= 4 is 6.09 Å². The van der Waals surface area contributed by atoms with Gasteiger partial charge in [0.1, 0.15) is 6.61 Å². The number of aliphatic hydroxyl groups excluding tert-OH is 1. The molecule has 2 aromatic carbocycles. The summed E-state index contributed by atoms with van der Waals surface area (Å²) in [6.45, 7) is 4.28. The van der Waals surface area contributed by atoms with Gasteiger partial charge >= 0.3 is 6.09 Å². The lowest BCUT2D eigenvalue weighted by molar-refractivity contribution is -0.0712. The number of benzene rings is 2. The summed E-state index contributed by atoms with van der Waals surface area (Å²) in [7, 11) is 0. The van der Waals surface area contributed by atoms with Crippen LogP contribution in [-0.2, 0) is 4.74 Å². The number of amides is 1. The quantitative estimate of drug-likeness (QED) is 0.898. The highest BCUT2D eigenvalue weighted by atomic mass is 16.5. The Balaban J connectivity index is 1.44. The molecule has 0 aromatic heterocycles. The summed E-state index contributed by atoms with van der Waals surface area (Å²) in [6.07, 6.45) is -0.215. The van der Waals surface area contributed by atoms with Crippen LogP contribution in [0.1, 0.15) is 37.3 Å². The predicted molar refractivity (Wildman–Crippen MR) is 96.4 cm³/mol. The van der Waals surface area contributed by atoms with Crippen LogP contribution < -0.4 is 5.32 Å². The first kappa shape index (κ1) is 16.2. The molecule has 0 spiro atoms. The lowest BCUT2D eigenvalue weighted by Crippen LogP contribution is -2.60. The van der Waals surface area contributed by atoms with Crippen molar-refractivity contribution in [1.82, 2.24) is 5.32 Å². The van der Waals surface area contributed by atoms with Gasteiger partial charge in [0.2, 0.25) is 0 Å². The highest BCUT2D eigenvalue weighted by molar-refractivity contribution is 5.79. The van der Waals surface area contributed by atoms with Gasteiger partial charge in [-0.05, 0) is 34.1 Å². The SMILES string of the molecule is CC1(C)C[C@@H](NC(=O)OCC2c3ccccc3-c3ccccc32)[C@H]1O. The number of ether oxygens (including phenoxy) is 1. The van der Waals surface area contributed by atoms with Crippen molar-refractivity contribution in [3.8, 4) is 11.1 Å². The number of rotatable bonds is 3. The van der Waals surface area contributed by atoms with Crippen LogP contribution >= 0.6 is 0 Å². The second-order valence-electron chi connectivity index (χ2n) is 7.71. The molecule has 1 fully saturated rings. The zero-order valence-corrected chi connectivity index (χ0v) is 14.5. The molecule has 4 heteroatoms. The molecule has 0 bridgehead atoms. The minimum absolute atomic E-state index is 0.0564. The van der Waals surface area contributed by atoms with Gasteiger partial charge in [-0.3, -0.25) is 0 Å². The van der Waals surface area contributed by atoms with Crippen molar-refractivity contribution in [2.75, 3.05) is 6.61 Å². The van der Waals surface area contributed by atoms with Crippen LogP contribution in [0.3, 0.4) is 0 Å². The number of nitrogens with one attached hydrogen (secondary N) is 1. The molecule has 1 saturated carbocycles. The van der Waals surface area contributed by atoms with E-state index in [-0.39, 0.29) is 17.4 Å². The van der Waals surface area contributed by atoms with E-state index in [0.717, 1.165) is 6.42 Å². The minimum atomic E-state index is -0.520. The number of hydrogen-bond acceptors (Lipinski definition) is 3. The Kier molecular flexibility index (Phi) is 3.80. The second-order valence-corrected chi connectivity index (χ2v) is 7.71. The van der Waals surface area contributed by atoms with E-state index >= 15 is 0 Å². The molecule has 0 heterocycles. The summed E-state index contributed by atoms with van der Waals surface area (Å²) in [5.41, 5.74) is 4.68. The maximum Gasteiger partial charge on any atom is 0.407 e. The highest BCUT2D eigenvalue weighted by Gasteiger charge is 2.47. The van der Waals surface area contributed by atoms with Crippen LogP contribution in [-0.4, -0.2) is 30.0 Å². The van der Waals surface area contributed by atoms with E-state index in [1.807, 2.05) is 38.1 Å². The summed E-state index contributed by atoms with van der Waals surface area (Å²) in [5.74, 6) is 0.0564. The maximum atomic E-state index is 12.1. The number of carbonyl (C=O) groups is 1. The zero-order chi connectivity index (χ0) is 17.6. The molecule has 0 radical (unpaired) electrons. The molecule has 2 atom stereocenters. The van der Waals surface area contributed by atoms with Gasteiger partial charge in [0, 0.05) is 5.92 Å². The molecular formula is C21H23NO3. The first-order valence-corrected chi connectivity index (χ1v) is 8.77. The van der Waals surface area contributed by atoms with Crippen molar-refractivity contribution < 1.29 is 14.6 Å². The number of alkyl carbamates (subject to hydrolysis) is 1. The van der Waals surface area contributed by atoms with E-state index in [2.05, 4.69) is 29.6 Å². The third kappa shape index (κ3) is 2.71. The summed E-state index contributed by atoms with van der Waals surface area (Å²) in [4.78, 5) is 12.1. The van der Waals surface area contributed by atoms with Gasteiger partial charge in [-0.15, -0.1) is 0 Å². The molecule has 25 heavy (non-hydrogen) atoms. The lowest BCUT2D eigenvalue weighted by Gasteiger charge is -2.48. The fraction of sp³-hybridized carbons (Fsp3) is 0.381. The monoisotopic (exact) mass is 337 g/mol. The van der Waals surface area contributed by atoms with E-state index in [0.29, 0.717) is 6.61 Å². The Morgan fingerprint density at radius 3 is 2.20 bits per heavy atom. The fourth-order valence-corrected chi connectivity index (χ4v) is 4.10. The Morgan fingerprint density at radius 1 is 1.12 bits per heavy atom. The summed E-state index contributed by atoms with van der Waals surface area (Å²) >= 11 is 0. The van der Waals surface area contributed by atoms with E-state index in [9.17, 15) is 9.90 Å². The van der Waals surface area contributed by atoms with Crippen molar-refractivity contribution in [2.45, 2.75) is 38.3 Å². The highest BCUT2D eigenvalue weighted by Crippen LogP contribution is 2.44. The zero-order valence-electron chi connectivity index (χ0n) is 14.5. The molecule has 4 rings (SSSR count). The molecule has 0 aliphatic heterocycles. The van der Waals surface area contributed by atoms with Gasteiger partial charge in [0.15, 0.2) is 0 Å². The molecule has 2 aliphatic carbocycles. The average molecular weight is 337 g/mol. The average Bonchev–Trinajstić information content (AvgIpc) is 2.93. The second kappa shape index (κ2) is 5.88. The fourth-order valence-electron chi connectivity index (χ4n) is 4.10. The van der Waals surface area contributed by atoms with E-state index in [1.165, 1.54) is 22.3 Å². The normalized spacial score (nSPS) is 23.3. The van der Waals surface area contributed by atoms with Crippen LogP contribution in [0.25, 0.3) is 11.1 Å². The van der Waals surface area contributed by atoms with Gasteiger partial charge in [0.25, 0.3) is 0 Å². The first-order chi connectivity index (χ1) is 12.0. The molecular weight excluding hydrogens is 314 g/mol. The lowest BCUT2D eigenvalue weighted by atomic mass is 9.65. The number of aliphatic hydroxyl groups is 1. The van der Waals surface area contributed by atoms with Crippen LogP contribution in [0.4, 0.5) is 4.79 Å². The van der Waals surface area contributed by atoms with Gasteiger partial charge in [-0.1, -0.05) is 62.4 Å². The van der Waals surface area contributed by atoms with Crippen LogP contribution in [0, 0.1) is 5.41 Å². The molecule has 2 aromatic rings. The Bertz CT molecular complexity index is 769. The molecule has 2 aliphatic rings. The van der Waals surface area contributed by atoms with Gasteiger partial charge < -0.3 is 15.2 Å². The van der Waals surface area contributed by atoms with Crippen molar-refractivity contribution in [1.29, 1.82) is 0 Å². The number of hydrogen-bond donors (Lipinski definition) is 2. The van der Waals surface area contributed by atoms with Crippen LogP contribution in [0.15, 0.2) is 48.5 Å². The summed E-state index contributed by atoms with van der Waals surface area (Å²) < 4.78 is 5.50. The van der Waals surface area contributed by atoms with E-state index < -0.39 is 12.2 Å². The third-order valence-electron chi connectivity index (χ3n) is 5.57. The largest absolute Gasteiger partial charge is 0.449 e. The smallest absolute Gasteiger partial charge is 0.407 e. The summed E-state index contributed by atoms with van der Waals surface area (Å²) in [6, 6.07) is 16.3. The molecule has 4 nitrogen and oxygen atoms in total. The minimum Gasteiger partial charge on any atom is -0.449 e. The third-order valence-corrected chi connectivity index (χ3v) is 5.57. The van der Waals surface area contributed by atoms with Crippen LogP contribution in [0.5, 0.6) is 0 Å². The molecule has 2 N–H and O–H groups in total. The Hall–Kier alpha value is -2.33. The van der Waals surface area contributed by atoms with Crippen LogP contribution in [0.2, 0.25) is 0 Å². The van der Waals surface area contributed by atoms with Gasteiger partial charge in [-0.2, -0.15) is 0 Å². The first-order valence-electron chi connectivity index (χ1n) is 8.77. The molecule has 0 unspecified atom stereocenters. The predicted octanol–water partition coefficient (Wildman–Crippen LogP) is 3.68. The summed E-state index contributed by atoms with van der Waals surface area (Å²) in [5, 5.41) is 12.8. The van der Waals surface area contributed by atoms with Crippen molar-refractivity contribution in [3.05, 3.63) is 59.7 Å². The number of carbonyl (C=O) groups excluding carboxylic acids is 1. The van der Waals surface area contributed by atoms with Gasteiger partial charge in [-0.25, -0.2) is 4.79 Å². The Morgan fingerprint density at radius 2 is 1.68 bits per heavy atom. The van der Waals surface area contributed by atoms with Crippen molar-refractivity contribution in [2.24, 2.45) is 5.41 Å². The van der Waals surface area contributed by atoms with Crippen molar-refractivity contribution in [3.63, 3.8) is 0 Å². The standard InChI is InChI=1S/C21H23NO3/c1-21(2)11-18(19(21)23)22-20(24)25-12-17-15-9-5-3-7-13(15)14-8-4-6-10-16(14)17/h3-10,17-19,23H,11-12H2,1-2H3,(H,22,24)/t18-,19-/m1/s1. The molecule has 0 saturated heterocycles. The number of fused-ring (bicyclic) bond motifs is 3. The molecule has 1 amide bonds. The van der Waals surface area contributed by atoms with E-state index in [1.54, 1.807) is 0 Å². The molecule has 130 valence electrons. The maximum absolute atomic E-state index is 12.1. The Labute approximate surface area is 147 Å². The topological polar surface area (TPSA) is 58.6 Å². The van der Waals surface area contributed by atoms with Gasteiger partial charge in [0.05, 0.1) is 12.1 Å².